The molecule has 0 aliphatic carbocycles. The largest absolute Gasteiger partial charge is 0.496 e. The molecule has 4 N–H and O–H groups in total. The number of rotatable bonds is 8. The van der Waals surface area contributed by atoms with Crippen molar-refractivity contribution in [2.45, 2.75) is 32.4 Å². The highest BCUT2D eigenvalue weighted by molar-refractivity contribution is 5.76. The number of likely N-dealkylation sites (tertiary alicyclic amines) is 1. The van der Waals surface area contributed by atoms with Crippen molar-refractivity contribution in [3.63, 3.8) is 0 Å². The van der Waals surface area contributed by atoms with Gasteiger partial charge in [-0.2, -0.15) is 0 Å². The summed E-state index contributed by atoms with van der Waals surface area (Å²) in [7, 11) is 1.65. The first-order valence-corrected chi connectivity index (χ1v) is 8.29. The lowest BCUT2D eigenvalue weighted by Crippen LogP contribution is -3.16. The molecule has 1 saturated heterocycles. The molecule has 1 unspecified atom stereocenters. The van der Waals surface area contributed by atoms with Crippen LogP contribution in [0.1, 0.15) is 25.3 Å². The van der Waals surface area contributed by atoms with Crippen molar-refractivity contribution in [1.82, 2.24) is 5.32 Å². The van der Waals surface area contributed by atoms with E-state index in [1.54, 1.807) is 12.0 Å². The fraction of sp³-hybridized carbons (Fsp3) is 0.588. The number of methoxy groups -OCH3 is 1. The molecule has 1 heterocycles. The van der Waals surface area contributed by atoms with Gasteiger partial charge < -0.3 is 20.3 Å². The Labute approximate surface area is 133 Å². The van der Waals surface area contributed by atoms with Crippen LogP contribution in [0.5, 0.6) is 5.75 Å². The number of hydrogen-bond acceptors (Lipinski definition) is 2. The number of nitrogens with two attached hydrogens (primary N) is 1. The highest BCUT2D eigenvalue weighted by atomic mass is 16.5. The number of hydrogen-bond donors (Lipinski definition) is 3. The fourth-order valence-electron chi connectivity index (χ4n) is 3.26. The van der Waals surface area contributed by atoms with Gasteiger partial charge in [0, 0.05) is 24.9 Å². The first kappa shape index (κ1) is 16.8. The van der Waals surface area contributed by atoms with Gasteiger partial charge in [0.05, 0.1) is 20.2 Å². The number of carbonyl (C=O) groups excluding carboxylic acids is 1. The Morgan fingerprint density at radius 3 is 3.05 bits per heavy atom. The Bertz CT molecular complexity index is 479. The van der Waals surface area contributed by atoms with Crippen LogP contribution in [0.3, 0.4) is 0 Å². The Hall–Kier alpha value is -1.59. The highest BCUT2D eigenvalue weighted by Crippen LogP contribution is 2.16. The first-order valence-electron chi connectivity index (χ1n) is 8.29. The van der Waals surface area contributed by atoms with Crippen molar-refractivity contribution in [3.05, 3.63) is 29.8 Å². The smallest absolute Gasteiger partial charge is 0.275 e. The summed E-state index contributed by atoms with van der Waals surface area (Å²) in [6.07, 6.45) is 2.62. The van der Waals surface area contributed by atoms with Crippen LogP contribution in [0, 0.1) is 0 Å². The maximum absolute atomic E-state index is 12.0. The van der Waals surface area contributed by atoms with E-state index < -0.39 is 0 Å². The normalized spacial score (nSPS) is 20.8. The third kappa shape index (κ3) is 4.71. The van der Waals surface area contributed by atoms with Crippen molar-refractivity contribution in [2.24, 2.45) is 0 Å². The third-order valence-electron chi connectivity index (χ3n) is 4.53. The topological polar surface area (TPSA) is 59.4 Å². The van der Waals surface area contributed by atoms with Crippen molar-refractivity contribution in [1.29, 1.82) is 0 Å². The Morgan fingerprint density at radius 1 is 1.45 bits per heavy atom. The number of carbonyl (C=O) groups is 1. The molecular formula is C17H29N3O2+2. The molecule has 1 amide bonds. The summed E-state index contributed by atoms with van der Waals surface area (Å²) in [4.78, 5) is 13.6. The van der Waals surface area contributed by atoms with Gasteiger partial charge in [-0.05, 0) is 13.0 Å². The molecule has 2 atom stereocenters. The summed E-state index contributed by atoms with van der Waals surface area (Å²) in [6.45, 7) is 6.79. The molecule has 2 rings (SSSR count). The highest BCUT2D eigenvalue weighted by Gasteiger charge is 2.28. The lowest BCUT2D eigenvalue weighted by molar-refractivity contribution is -0.923. The van der Waals surface area contributed by atoms with Crippen molar-refractivity contribution in [3.8, 4) is 5.75 Å². The van der Waals surface area contributed by atoms with Gasteiger partial charge in [0.1, 0.15) is 18.3 Å². The molecule has 5 nitrogen and oxygen atoms in total. The van der Waals surface area contributed by atoms with E-state index in [1.165, 1.54) is 25.9 Å². The number of ether oxygens (including phenoxy) is 1. The van der Waals surface area contributed by atoms with Crippen LogP contribution >= 0.6 is 0 Å². The van der Waals surface area contributed by atoms with Gasteiger partial charge >= 0.3 is 0 Å². The van der Waals surface area contributed by atoms with E-state index in [2.05, 4.69) is 17.6 Å². The van der Waals surface area contributed by atoms with Gasteiger partial charge in [-0.1, -0.05) is 18.2 Å². The van der Waals surface area contributed by atoms with E-state index in [9.17, 15) is 4.79 Å². The Balaban J connectivity index is 1.68. The summed E-state index contributed by atoms with van der Waals surface area (Å²) in [5.74, 6) is 0.905. The second-order valence-electron chi connectivity index (χ2n) is 5.92. The van der Waals surface area contributed by atoms with Gasteiger partial charge in [0.2, 0.25) is 0 Å². The van der Waals surface area contributed by atoms with Crippen LogP contribution in [0.15, 0.2) is 24.3 Å². The van der Waals surface area contributed by atoms with E-state index in [0.717, 1.165) is 17.9 Å². The minimum absolute atomic E-state index is 0.0851. The van der Waals surface area contributed by atoms with Gasteiger partial charge in [-0.15, -0.1) is 0 Å². The van der Waals surface area contributed by atoms with Crippen LogP contribution in [-0.2, 0) is 11.3 Å². The number of nitrogens with one attached hydrogen (secondary N) is 2. The minimum Gasteiger partial charge on any atom is -0.496 e. The molecule has 0 radical (unpaired) electrons. The molecule has 0 saturated carbocycles. The summed E-state index contributed by atoms with van der Waals surface area (Å²) < 4.78 is 5.29. The molecule has 122 valence electrons. The molecule has 0 spiro atoms. The SMILES string of the molecule is CC[NH+]1CCC[C@H]1C[NH2+]CC(=O)NCc1ccccc1OC. The first-order chi connectivity index (χ1) is 10.7. The van der Waals surface area contributed by atoms with Crippen LogP contribution in [-0.4, -0.2) is 45.2 Å². The van der Waals surface area contributed by atoms with Crippen molar-refractivity contribution < 1.29 is 19.7 Å². The molecule has 1 aromatic rings. The number of amides is 1. The monoisotopic (exact) mass is 307 g/mol. The van der Waals surface area contributed by atoms with Crippen molar-refractivity contribution >= 4 is 5.91 Å². The van der Waals surface area contributed by atoms with Crippen molar-refractivity contribution in [2.75, 3.05) is 33.3 Å². The molecule has 1 aliphatic heterocycles. The average Bonchev–Trinajstić information content (AvgIpc) is 3.00. The number of para-hydroxylation sites is 1. The predicted molar refractivity (Wildman–Crippen MR) is 85.9 cm³/mol. The van der Waals surface area contributed by atoms with Crippen LogP contribution < -0.4 is 20.3 Å². The number of quaternary nitrogens is 2. The van der Waals surface area contributed by atoms with E-state index in [-0.39, 0.29) is 5.91 Å². The van der Waals surface area contributed by atoms with E-state index in [0.29, 0.717) is 19.1 Å². The molecule has 1 aliphatic rings. The molecule has 0 aromatic heterocycles. The molecular weight excluding hydrogens is 278 g/mol. The average molecular weight is 307 g/mol. The lowest BCUT2D eigenvalue weighted by atomic mass is 10.2. The minimum atomic E-state index is 0.0851. The predicted octanol–water partition coefficient (Wildman–Crippen LogP) is -1.06. The third-order valence-corrected chi connectivity index (χ3v) is 4.53. The summed E-state index contributed by atoms with van der Waals surface area (Å²) >= 11 is 0. The van der Waals surface area contributed by atoms with E-state index in [1.807, 2.05) is 24.3 Å². The van der Waals surface area contributed by atoms with Crippen LogP contribution in [0.2, 0.25) is 0 Å². The van der Waals surface area contributed by atoms with Gasteiger partial charge in [-0.25, -0.2) is 0 Å². The number of likely N-dealkylation sites (N-methyl/N-ethyl adjacent to an activating group) is 1. The summed E-state index contributed by atoms with van der Waals surface area (Å²) in [5.41, 5.74) is 1.01. The molecule has 1 fully saturated rings. The maximum atomic E-state index is 12.0. The van der Waals surface area contributed by atoms with E-state index in [4.69, 9.17) is 4.74 Å². The van der Waals surface area contributed by atoms with Gasteiger partial charge in [-0.3, -0.25) is 4.79 Å². The zero-order valence-corrected chi connectivity index (χ0v) is 13.7. The fourth-order valence-corrected chi connectivity index (χ4v) is 3.26. The van der Waals surface area contributed by atoms with Gasteiger partial charge in [0.25, 0.3) is 5.91 Å². The zero-order valence-electron chi connectivity index (χ0n) is 13.7. The Kier molecular flexibility index (Phi) is 6.68. The Morgan fingerprint density at radius 2 is 2.27 bits per heavy atom. The lowest BCUT2D eigenvalue weighted by Gasteiger charge is -2.18. The number of benzene rings is 1. The molecule has 5 heteroatoms. The summed E-state index contributed by atoms with van der Waals surface area (Å²) in [5, 5.41) is 5.11. The molecule has 22 heavy (non-hydrogen) atoms. The quantitative estimate of drug-likeness (QED) is 0.573. The standard InChI is InChI=1S/C17H27N3O2/c1-3-20-10-6-8-15(20)12-18-13-17(21)19-11-14-7-4-5-9-16(14)22-2/h4-5,7,9,15,18H,3,6,8,10-13H2,1-2H3,(H,19,21)/p+2/t15-/m0/s1. The second kappa shape index (κ2) is 8.76. The second-order valence-corrected chi connectivity index (χ2v) is 5.92. The molecule has 0 bridgehead atoms. The summed E-state index contributed by atoms with van der Waals surface area (Å²) in [6, 6.07) is 8.49. The van der Waals surface area contributed by atoms with Crippen LogP contribution in [0.4, 0.5) is 0 Å². The van der Waals surface area contributed by atoms with Crippen LogP contribution in [0.25, 0.3) is 0 Å². The van der Waals surface area contributed by atoms with Gasteiger partial charge in [0.15, 0.2) is 6.54 Å². The maximum Gasteiger partial charge on any atom is 0.275 e. The van der Waals surface area contributed by atoms with E-state index >= 15 is 0 Å². The zero-order chi connectivity index (χ0) is 15.8. The molecule has 1 aromatic carbocycles.